The van der Waals surface area contributed by atoms with Gasteiger partial charge in [-0.2, -0.15) is 0 Å². The summed E-state index contributed by atoms with van der Waals surface area (Å²) in [5.41, 5.74) is -0.251. The Balaban J connectivity index is 2.36. The molecule has 18 heavy (non-hydrogen) atoms. The van der Waals surface area contributed by atoms with Crippen molar-refractivity contribution in [2.45, 2.75) is 25.2 Å². The number of rotatable bonds is 3. The zero-order valence-electron chi connectivity index (χ0n) is 10.4. The van der Waals surface area contributed by atoms with Gasteiger partial charge in [-0.1, -0.05) is 12.1 Å². The van der Waals surface area contributed by atoms with Crippen molar-refractivity contribution >= 4 is 5.97 Å². The van der Waals surface area contributed by atoms with E-state index >= 15 is 0 Å². The Labute approximate surface area is 106 Å². The third-order valence-corrected chi connectivity index (χ3v) is 4.04. The van der Waals surface area contributed by atoms with Crippen LogP contribution in [0.4, 0.5) is 4.39 Å². The number of aliphatic carboxylic acids is 1. The number of nitrogens with one attached hydrogen (secondary N) is 1. The van der Waals surface area contributed by atoms with E-state index in [-0.39, 0.29) is 11.7 Å². The SMILES string of the molecule is CC(C(=O)O)(c1ccc(F)cc1)C1CCNCC1. The first-order valence-corrected chi connectivity index (χ1v) is 6.25. The van der Waals surface area contributed by atoms with Crippen LogP contribution in [0.5, 0.6) is 0 Å². The minimum atomic E-state index is -0.935. The van der Waals surface area contributed by atoms with E-state index in [0.717, 1.165) is 25.9 Å². The topological polar surface area (TPSA) is 49.3 Å². The molecule has 0 amide bonds. The van der Waals surface area contributed by atoms with E-state index in [1.54, 1.807) is 19.1 Å². The van der Waals surface area contributed by atoms with Gasteiger partial charge in [0, 0.05) is 0 Å². The van der Waals surface area contributed by atoms with Crippen LogP contribution in [0.2, 0.25) is 0 Å². The highest BCUT2D eigenvalue weighted by atomic mass is 19.1. The minimum absolute atomic E-state index is 0.0849. The molecule has 0 aliphatic carbocycles. The Hall–Kier alpha value is -1.42. The molecule has 0 spiro atoms. The summed E-state index contributed by atoms with van der Waals surface area (Å²) < 4.78 is 13.0. The Morgan fingerprint density at radius 3 is 2.39 bits per heavy atom. The smallest absolute Gasteiger partial charge is 0.314 e. The molecule has 0 saturated carbocycles. The highest BCUT2D eigenvalue weighted by Gasteiger charge is 2.43. The molecule has 1 aromatic rings. The molecule has 0 radical (unpaired) electrons. The fourth-order valence-corrected chi connectivity index (χ4v) is 2.73. The molecule has 3 nitrogen and oxygen atoms in total. The van der Waals surface area contributed by atoms with Crippen LogP contribution < -0.4 is 5.32 Å². The summed E-state index contributed by atoms with van der Waals surface area (Å²) >= 11 is 0. The maximum Gasteiger partial charge on any atom is 0.314 e. The molecule has 2 N–H and O–H groups in total. The average Bonchev–Trinajstić information content (AvgIpc) is 2.39. The third-order valence-electron chi connectivity index (χ3n) is 4.04. The number of carbonyl (C=O) groups is 1. The van der Waals surface area contributed by atoms with Gasteiger partial charge in [0.1, 0.15) is 5.82 Å². The molecule has 1 saturated heterocycles. The Morgan fingerprint density at radius 1 is 1.33 bits per heavy atom. The number of carboxylic acids is 1. The standard InChI is InChI=1S/C14H18FNO2/c1-14(13(17)18,11-6-8-16-9-7-11)10-2-4-12(15)5-3-10/h2-5,11,16H,6-9H2,1H3,(H,17,18). The molecule has 0 bridgehead atoms. The monoisotopic (exact) mass is 251 g/mol. The molecule has 1 aliphatic rings. The van der Waals surface area contributed by atoms with Crippen LogP contribution in [-0.4, -0.2) is 24.2 Å². The van der Waals surface area contributed by atoms with Gasteiger partial charge in [0.25, 0.3) is 0 Å². The molecule has 98 valence electrons. The molecular formula is C14H18FNO2. The number of halogens is 1. The van der Waals surface area contributed by atoms with Gasteiger partial charge in [0.2, 0.25) is 0 Å². The van der Waals surface area contributed by atoms with E-state index in [0.29, 0.717) is 5.56 Å². The molecule has 2 rings (SSSR count). The Bertz CT molecular complexity index is 426. The van der Waals surface area contributed by atoms with Gasteiger partial charge in [0.05, 0.1) is 5.41 Å². The molecule has 1 fully saturated rings. The number of hydrogen-bond acceptors (Lipinski definition) is 2. The highest BCUT2D eigenvalue weighted by molar-refractivity contribution is 5.81. The van der Waals surface area contributed by atoms with E-state index in [9.17, 15) is 14.3 Å². The minimum Gasteiger partial charge on any atom is -0.481 e. The van der Waals surface area contributed by atoms with Gasteiger partial charge in [-0.3, -0.25) is 4.79 Å². The number of hydrogen-bond donors (Lipinski definition) is 2. The van der Waals surface area contributed by atoms with Crippen molar-refractivity contribution in [3.63, 3.8) is 0 Å². The largest absolute Gasteiger partial charge is 0.481 e. The second kappa shape index (κ2) is 5.06. The second-order valence-corrected chi connectivity index (χ2v) is 5.04. The predicted octanol–water partition coefficient (Wildman–Crippen LogP) is 2.17. The summed E-state index contributed by atoms with van der Waals surface area (Å²) in [6, 6.07) is 5.84. The van der Waals surface area contributed by atoms with Crippen LogP contribution in [0.1, 0.15) is 25.3 Å². The molecule has 0 aromatic heterocycles. The molecule has 1 aromatic carbocycles. The van der Waals surface area contributed by atoms with Crippen molar-refractivity contribution < 1.29 is 14.3 Å². The lowest BCUT2D eigenvalue weighted by molar-refractivity contribution is -0.146. The van der Waals surface area contributed by atoms with Gasteiger partial charge in [-0.15, -0.1) is 0 Å². The summed E-state index contributed by atoms with van der Waals surface area (Å²) in [6.45, 7) is 3.43. The first-order chi connectivity index (χ1) is 8.55. The van der Waals surface area contributed by atoms with Crippen molar-refractivity contribution in [1.29, 1.82) is 0 Å². The molecule has 1 aliphatic heterocycles. The van der Waals surface area contributed by atoms with Crippen LogP contribution in [0, 0.1) is 11.7 Å². The first-order valence-electron chi connectivity index (χ1n) is 6.25. The Kier molecular flexibility index (Phi) is 3.66. The Morgan fingerprint density at radius 2 is 1.89 bits per heavy atom. The quantitative estimate of drug-likeness (QED) is 0.865. The van der Waals surface area contributed by atoms with Crippen molar-refractivity contribution in [3.8, 4) is 0 Å². The number of piperidine rings is 1. The summed E-state index contributed by atoms with van der Waals surface area (Å²) in [5.74, 6) is -1.08. The van der Waals surface area contributed by atoms with Gasteiger partial charge in [0.15, 0.2) is 0 Å². The fourth-order valence-electron chi connectivity index (χ4n) is 2.73. The van der Waals surface area contributed by atoms with E-state index in [1.807, 2.05) is 0 Å². The zero-order valence-corrected chi connectivity index (χ0v) is 10.4. The summed E-state index contributed by atoms with van der Waals surface area (Å²) in [5, 5.41) is 12.8. The van der Waals surface area contributed by atoms with E-state index in [2.05, 4.69) is 5.32 Å². The zero-order chi connectivity index (χ0) is 13.2. The summed E-state index contributed by atoms with van der Waals surface area (Å²) in [7, 11) is 0. The van der Waals surface area contributed by atoms with Crippen LogP contribution in [0.3, 0.4) is 0 Å². The van der Waals surface area contributed by atoms with Gasteiger partial charge in [-0.25, -0.2) is 4.39 Å². The van der Waals surface area contributed by atoms with Gasteiger partial charge in [-0.05, 0) is 56.5 Å². The second-order valence-electron chi connectivity index (χ2n) is 5.04. The first kappa shape index (κ1) is 13.0. The third kappa shape index (κ3) is 2.25. The molecule has 1 unspecified atom stereocenters. The normalized spacial score (nSPS) is 20.3. The van der Waals surface area contributed by atoms with Gasteiger partial charge >= 0.3 is 5.97 Å². The maximum atomic E-state index is 13.0. The summed E-state index contributed by atoms with van der Waals surface area (Å²) in [6.07, 6.45) is 1.67. The molecule has 1 atom stereocenters. The number of carboxylic acid groups (broad SMARTS) is 1. The van der Waals surface area contributed by atoms with Crippen molar-refractivity contribution in [3.05, 3.63) is 35.6 Å². The van der Waals surface area contributed by atoms with Crippen molar-refractivity contribution in [1.82, 2.24) is 5.32 Å². The lowest BCUT2D eigenvalue weighted by Crippen LogP contribution is -2.45. The number of benzene rings is 1. The summed E-state index contributed by atoms with van der Waals surface area (Å²) in [4.78, 5) is 11.7. The van der Waals surface area contributed by atoms with E-state index < -0.39 is 11.4 Å². The van der Waals surface area contributed by atoms with Crippen LogP contribution in [0.25, 0.3) is 0 Å². The van der Waals surface area contributed by atoms with Crippen molar-refractivity contribution in [2.75, 3.05) is 13.1 Å². The molecule has 1 heterocycles. The highest BCUT2D eigenvalue weighted by Crippen LogP contribution is 2.37. The van der Waals surface area contributed by atoms with Crippen LogP contribution >= 0.6 is 0 Å². The average molecular weight is 251 g/mol. The van der Waals surface area contributed by atoms with Gasteiger partial charge < -0.3 is 10.4 Å². The lowest BCUT2D eigenvalue weighted by Gasteiger charge is -2.37. The maximum absolute atomic E-state index is 13.0. The van der Waals surface area contributed by atoms with E-state index in [4.69, 9.17) is 0 Å². The van der Waals surface area contributed by atoms with Crippen LogP contribution in [0.15, 0.2) is 24.3 Å². The fraction of sp³-hybridized carbons (Fsp3) is 0.500. The predicted molar refractivity (Wildman–Crippen MR) is 67.0 cm³/mol. The molecular weight excluding hydrogens is 233 g/mol. The van der Waals surface area contributed by atoms with Crippen LogP contribution in [-0.2, 0) is 10.2 Å². The molecule has 4 heteroatoms. The van der Waals surface area contributed by atoms with Crippen molar-refractivity contribution in [2.24, 2.45) is 5.92 Å². The lowest BCUT2D eigenvalue weighted by atomic mass is 9.68. The van der Waals surface area contributed by atoms with E-state index in [1.165, 1.54) is 12.1 Å².